The second-order valence-corrected chi connectivity index (χ2v) is 4.30. The third-order valence-corrected chi connectivity index (χ3v) is 2.29. The molecular weight excluding hydrogens is 237 g/mol. The largest absolute Gasteiger partial charge is 0.484 e. The Balaban J connectivity index is 2.30. The lowest BCUT2D eigenvalue weighted by molar-refractivity contribution is -0.123. The number of amides is 1. The van der Waals surface area contributed by atoms with E-state index in [-0.39, 0.29) is 24.4 Å². The van der Waals surface area contributed by atoms with Gasteiger partial charge in [-0.3, -0.25) is 4.79 Å². The predicted molar refractivity (Wildman–Crippen MR) is 65.8 cm³/mol. The fourth-order valence-corrected chi connectivity index (χ4v) is 1.57. The summed E-state index contributed by atoms with van der Waals surface area (Å²) in [5, 5.41) is 11.8. The SMILES string of the molecule is CC(O)CC(C)NC(=O)COc1ccc(F)cc1. The van der Waals surface area contributed by atoms with Gasteiger partial charge in [-0.2, -0.15) is 0 Å². The van der Waals surface area contributed by atoms with Crippen LogP contribution in [0.25, 0.3) is 0 Å². The summed E-state index contributed by atoms with van der Waals surface area (Å²) in [5.74, 6) is -0.181. The van der Waals surface area contributed by atoms with Crippen molar-refractivity contribution in [2.45, 2.75) is 32.4 Å². The van der Waals surface area contributed by atoms with Gasteiger partial charge in [0.05, 0.1) is 6.10 Å². The zero-order valence-electron chi connectivity index (χ0n) is 10.5. The number of nitrogens with one attached hydrogen (secondary N) is 1. The third-order valence-electron chi connectivity index (χ3n) is 2.29. The summed E-state index contributed by atoms with van der Waals surface area (Å²) in [6.45, 7) is 3.34. The van der Waals surface area contributed by atoms with Crippen LogP contribution in [-0.4, -0.2) is 29.8 Å². The maximum absolute atomic E-state index is 12.6. The quantitative estimate of drug-likeness (QED) is 0.809. The van der Waals surface area contributed by atoms with Gasteiger partial charge in [-0.25, -0.2) is 4.39 Å². The number of ether oxygens (including phenoxy) is 1. The van der Waals surface area contributed by atoms with Gasteiger partial charge < -0.3 is 15.2 Å². The maximum atomic E-state index is 12.6. The number of hydrogen-bond donors (Lipinski definition) is 2. The average Bonchev–Trinajstić information content (AvgIpc) is 2.27. The summed E-state index contributed by atoms with van der Waals surface area (Å²) in [5.41, 5.74) is 0. The topological polar surface area (TPSA) is 58.6 Å². The van der Waals surface area contributed by atoms with E-state index in [9.17, 15) is 9.18 Å². The molecule has 2 N–H and O–H groups in total. The minimum absolute atomic E-state index is 0.116. The van der Waals surface area contributed by atoms with Gasteiger partial charge >= 0.3 is 0 Å². The second-order valence-electron chi connectivity index (χ2n) is 4.30. The molecule has 0 aromatic heterocycles. The zero-order valence-corrected chi connectivity index (χ0v) is 10.5. The van der Waals surface area contributed by atoms with Gasteiger partial charge in [-0.15, -0.1) is 0 Å². The summed E-state index contributed by atoms with van der Waals surface area (Å²) >= 11 is 0. The molecule has 1 rings (SSSR count). The van der Waals surface area contributed by atoms with Crippen LogP contribution in [0.4, 0.5) is 4.39 Å². The van der Waals surface area contributed by atoms with E-state index in [0.717, 1.165) is 0 Å². The first-order valence-electron chi connectivity index (χ1n) is 5.83. The molecule has 0 saturated carbocycles. The Hall–Kier alpha value is -1.62. The third kappa shape index (κ3) is 5.63. The molecule has 0 radical (unpaired) electrons. The van der Waals surface area contributed by atoms with Crippen molar-refractivity contribution >= 4 is 5.91 Å². The van der Waals surface area contributed by atoms with Crippen LogP contribution in [0, 0.1) is 5.82 Å². The molecule has 0 aliphatic carbocycles. The fraction of sp³-hybridized carbons (Fsp3) is 0.462. The first-order valence-corrected chi connectivity index (χ1v) is 5.83. The van der Waals surface area contributed by atoms with Crippen LogP contribution in [0.15, 0.2) is 24.3 Å². The highest BCUT2D eigenvalue weighted by atomic mass is 19.1. The highest BCUT2D eigenvalue weighted by Crippen LogP contribution is 2.10. The Morgan fingerprint density at radius 3 is 2.56 bits per heavy atom. The molecule has 0 aliphatic rings. The van der Waals surface area contributed by atoms with Crippen molar-refractivity contribution < 1.29 is 19.0 Å². The predicted octanol–water partition coefficient (Wildman–Crippen LogP) is 1.48. The normalized spacial score (nSPS) is 13.8. The van der Waals surface area contributed by atoms with Gasteiger partial charge in [0.25, 0.3) is 5.91 Å². The molecule has 1 amide bonds. The number of rotatable bonds is 6. The number of aliphatic hydroxyl groups is 1. The second kappa shape index (κ2) is 6.96. The van der Waals surface area contributed by atoms with Crippen molar-refractivity contribution in [2.24, 2.45) is 0 Å². The van der Waals surface area contributed by atoms with E-state index in [0.29, 0.717) is 12.2 Å². The summed E-state index contributed by atoms with van der Waals surface area (Å²) < 4.78 is 17.8. The van der Waals surface area contributed by atoms with Gasteiger partial charge in [-0.05, 0) is 44.5 Å². The molecule has 2 atom stereocenters. The first kappa shape index (κ1) is 14.4. The molecule has 18 heavy (non-hydrogen) atoms. The Morgan fingerprint density at radius 2 is 2.00 bits per heavy atom. The van der Waals surface area contributed by atoms with E-state index in [1.807, 2.05) is 6.92 Å². The van der Waals surface area contributed by atoms with Crippen LogP contribution in [0.1, 0.15) is 20.3 Å². The molecule has 5 heteroatoms. The number of carbonyl (C=O) groups is 1. The number of halogens is 1. The summed E-state index contributed by atoms with van der Waals surface area (Å²) in [4.78, 5) is 11.5. The molecular formula is C13H18FNO3. The molecule has 0 saturated heterocycles. The summed E-state index contributed by atoms with van der Waals surface area (Å²) in [6, 6.07) is 5.34. The van der Waals surface area contributed by atoms with Crippen LogP contribution in [0.3, 0.4) is 0 Å². The monoisotopic (exact) mass is 255 g/mol. The lowest BCUT2D eigenvalue weighted by Crippen LogP contribution is -2.37. The van der Waals surface area contributed by atoms with Crippen molar-refractivity contribution in [3.63, 3.8) is 0 Å². The minimum atomic E-state index is -0.460. The first-order chi connectivity index (χ1) is 8.47. The number of hydrogen-bond acceptors (Lipinski definition) is 3. The van der Waals surface area contributed by atoms with Gasteiger partial charge in [0.15, 0.2) is 6.61 Å². The highest BCUT2D eigenvalue weighted by molar-refractivity contribution is 5.77. The highest BCUT2D eigenvalue weighted by Gasteiger charge is 2.10. The van der Waals surface area contributed by atoms with E-state index in [2.05, 4.69) is 5.32 Å². The van der Waals surface area contributed by atoms with Gasteiger partial charge in [0.2, 0.25) is 0 Å². The van der Waals surface area contributed by atoms with E-state index in [4.69, 9.17) is 9.84 Å². The molecule has 0 fully saturated rings. The standard InChI is InChI=1S/C13H18FNO3/c1-9(7-10(2)16)15-13(17)8-18-12-5-3-11(14)4-6-12/h3-6,9-10,16H,7-8H2,1-2H3,(H,15,17). The molecule has 1 aromatic rings. The van der Waals surface area contributed by atoms with Crippen molar-refractivity contribution in [3.8, 4) is 5.75 Å². The molecule has 2 unspecified atom stereocenters. The van der Waals surface area contributed by atoms with Gasteiger partial charge in [-0.1, -0.05) is 0 Å². The van der Waals surface area contributed by atoms with Crippen LogP contribution in [0.2, 0.25) is 0 Å². The Labute approximate surface area is 106 Å². The van der Waals surface area contributed by atoms with Crippen molar-refractivity contribution in [2.75, 3.05) is 6.61 Å². The van der Waals surface area contributed by atoms with E-state index < -0.39 is 6.10 Å². The Kier molecular flexibility index (Phi) is 5.58. The smallest absolute Gasteiger partial charge is 0.258 e. The van der Waals surface area contributed by atoms with Gasteiger partial charge in [0.1, 0.15) is 11.6 Å². The maximum Gasteiger partial charge on any atom is 0.258 e. The van der Waals surface area contributed by atoms with Crippen LogP contribution in [-0.2, 0) is 4.79 Å². The summed E-state index contributed by atoms with van der Waals surface area (Å²) in [7, 11) is 0. The molecule has 4 nitrogen and oxygen atoms in total. The van der Waals surface area contributed by atoms with Crippen LogP contribution < -0.4 is 10.1 Å². The van der Waals surface area contributed by atoms with Gasteiger partial charge in [0, 0.05) is 6.04 Å². The van der Waals surface area contributed by atoms with Crippen LogP contribution >= 0.6 is 0 Å². The number of aliphatic hydroxyl groups excluding tert-OH is 1. The van der Waals surface area contributed by atoms with Crippen molar-refractivity contribution in [3.05, 3.63) is 30.1 Å². The summed E-state index contributed by atoms with van der Waals surface area (Å²) in [6.07, 6.45) is 0.0285. The lowest BCUT2D eigenvalue weighted by Gasteiger charge is -2.15. The van der Waals surface area contributed by atoms with Crippen molar-refractivity contribution in [1.29, 1.82) is 0 Å². The van der Waals surface area contributed by atoms with E-state index in [1.54, 1.807) is 6.92 Å². The Morgan fingerprint density at radius 1 is 1.39 bits per heavy atom. The molecule has 1 aromatic carbocycles. The molecule has 0 heterocycles. The Bertz CT molecular complexity index is 378. The van der Waals surface area contributed by atoms with E-state index in [1.165, 1.54) is 24.3 Å². The molecule has 0 spiro atoms. The van der Waals surface area contributed by atoms with Crippen LogP contribution in [0.5, 0.6) is 5.75 Å². The number of benzene rings is 1. The van der Waals surface area contributed by atoms with E-state index >= 15 is 0 Å². The molecule has 100 valence electrons. The lowest BCUT2D eigenvalue weighted by atomic mass is 10.1. The van der Waals surface area contributed by atoms with Crippen molar-refractivity contribution in [1.82, 2.24) is 5.32 Å². The minimum Gasteiger partial charge on any atom is -0.484 e. The molecule has 0 bridgehead atoms. The average molecular weight is 255 g/mol. The number of carbonyl (C=O) groups excluding carboxylic acids is 1. The fourth-order valence-electron chi connectivity index (χ4n) is 1.57. The molecule has 0 aliphatic heterocycles. The zero-order chi connectivity index (χ0) is 13.5.